The first-order valence-corrected chi connectivity index (χ1v) is 6.24. The van der Waals surface area contributed by atoms with Gasteiger partial charge >= 0.3 is 0 Å². The fraction of sp³-hybridized carbons (Fsp3) is 0. The third-order valence-corrected chi connectivity index (χ3v) is 4.04. The molecule has 0 atom stereocenters. The van der Waals surface area contributed by atoms with Crippen LogP contribution >= 0.6 is 46.4 Å². The highest BCUT2D eigenvalue weighted by atomic mass is 35.5. The van der Waals surface area contributed by atoms with Gasteiger partial charge in [-0.3, -0.25) is 0 Å². The standard InChI is InChI=1S/C12H4Cl4O/c13-5-1-2-6-7-4-8(14)10(15)11(16)12(7)17-9(6)3-5/h1-4H. The van der Waals surface area contributed by atoms with Crippen molar-refractivity contribution in [3.05, 3.63) is 44.4 Å². The summed E-state index contributed by atoms with van der Waals surface area (Å²) in [6.45, 7) is 0. The summed E-state index contributed by atoms with van der Waals surface area (Å²) in [7, 11) is 0. The molecule has 0 aliphatic carbocycles. The Labute approximate surface area is 117 Å². The second-order valence-corrected chi connectivity index (χ2v) is 5.21. The predicted octanol–water partition coefficient (Wildman–Crippen LogP) is 6.20. The van der Waals surface area contributed by atoms with Gasteiger partial charge in [-0.25, -0.2) is 0 Å². The predicted molar refractivity (Wildman–Crippen MR) is 73.8 cm³/mol. The average molecular weight is 306 g/mol. The van der Waals surface area contributed by atoms with Crippen molar-refractivity contribution in [2.75, 3.05) is 0 Å². The molecule has 17 heavy (non-hydrogen) atoms. The smallest absolute Gasteiger partial charge is 0.155 e. The Balaban J connectivity index is 2.56. The summed E-state index contributed by atoms with van der Waals surface area (Å²) in [6, 6.07) is 7.12. The Kier molecular flexibility index (Phi) is 2.68. The molecule has 0 amide bonds. The van der Waals surface area contributed by atoms with Gasteiger partial charge in [0.15, 0.2) is 5.58 Å². The molecule has 1 heterocycles. The first-order valence-electron chi connectivity index (χ1n) is 4.73. The van der Waals surface area contributed by atoms with Crippen LogP contribution in [0.15, 0.2) is 28.7 Å². The van der Waals surface area contributed by atoms with Crippen LogP contribution in [0.5, 0.6) is 0 Å². The quantitative estimate of drug-likeness (QED) is 0.451. The van der Waals surface area contributed by atoms with E-state index >= 15 is 0 Å². The number of furan rings is 1. The minimum atomic E-state index is 0.297. The van der Waals surface area contributed by atoms with Crippen molar-refractivity contribution < 1.29 is 4.42 Å². The molecule has 86 valence electrons. The highest BCUT2D eigenvalue weighted by molar-refractivity contribution is 6.50. The van der Waals surface area contributed by atoms with Gasteiger partial charge in [0.25, 0.3) is 0 Å². The average Bonchev–Trinajstić information content (AvgIpc) is 2.64. The maximum Gasteiger partial charge on any atom is 0.155 e. The van der Waals surface area contributed by atoms with Crippen LogP contribution in [0.1, 0.15) is 0 Å². The van der Waals surface area contributed by atoms with Gasteiger partial charge in [0.2, 0.25) is 0 Å². The van der Waals surface area contributed by atoms with Crippen LogP contribution in [0.3, 0.4) is 0 Å². The van der Waals surface area contributed by atoms with Crippen LogP contribution in [0.2, 0.25) is 20.1 Å². The number of hydrogen-bond donors (Lipinski definition) is 0. The van der Waals surface area contributed by atoms with Gasteiger partial charge in [0, 0.05) is 21.9 Å². The van der Waals surface area contributed by atoms with Gasteiger partial charge in [-0.2, -0.15) is 0 Å². The van der Waals surface area contributed by atoms with E-state index in [0.717, 1.165) is 10.8 Å². The van der Waals surface area contributed by atoms with E-state index in [1.54, 1.807) is 18.2 Å². The Morgan fingerprint density at radius 3 is 2.35 bits per heavy atom. The van der Waals surface area contributed by atoms with Crippen LogP contribution < -0.4 is 0 Å². The van der Waals surface area contributed by atoms with E-state index in [1.165, 1.54) is 0 Å². The van der Waals surface area contributed by atoms with Crippen molar-refractivity contribution >= 4 is 68.3 Å². The molecule has 0 aliphatic rings. The Morgan fingerprint density at radius 1 is 0.824 bits per heavy atom. The van der Waals surface area contributed by atoms with E-state index in [4.69, 9.17) is 50.8 Å². The lowest BCUT2D eigenvalue weighted by atomic mass is 10.1. The molecular formula is C12H4Cl4O. The van der Waals surface area contributed by atoms with E-state index in [9.17, 15) is 0 Å². The molecule has 2 aromatic carbocycles. The van der Waals surface area contributed by atoms with Gasteiger partial charge in [-0.1, -0.05) is 46.4 Å². The molecule has 1 aromatic heterocycles. The molecule has 0 saturated carbocycles. The van der Waals surface area contributed by atoms with E-state index in [-0.39, 0.29) is 0 Å². The van der Waals surface area contributed by atoms with E-state index in [0.29, 0.717) is 31.3 Å². The lowest BCUT2D eigenvalue weighted by molar-refractivity contribution is 0.669. The van der Waals surface area contributed by atoms with Crippen LogP contribution in [0, 0.1) is 0 Å². The van der Waals surface area contributed by atoms with E-state index < -0.39 is 0 Å². The van der Waals surface area contributed by atoms with Crippen LogP contribution in [-0.2, 0) is 0 Å². The maximum absolute atomic E-state index is 6.10. The van der Waals surface area contributed by atoms with E-state index in [2.05, 4.69) is 0 Å². The Hall–Kier alpha value is -0.600. The van der Waals surface area contributed by atoms with Gasteiger partial charge < -0.3 is 4.42 Å². The number of rotatable bonds is 0. The summed E-state index contributed by atoms with van der Waals surface area (Å²) in [5.74, 6) is 0. The Morgan fingerprint density at radius 2 is 1.59 bits per heavy atom. The van der Waals surface area contributed by atoms with Crippen LogP contribution in [0.25, 0.3) is 21.9 Å². The molecule has 0 N–H and O–H groups in total. The molecule has 0 fully saturated rings. The maximum atomic E-state index is 6.10. The molecule has 0 unspecified atom stereocenters. The molecule has 0 aliphatic heterocycles. The van der Waals surface area contributed by atoms with Crippen LogP contribution in [-0.4, -0.2) is 0 Å². The fourth-order valence-corrected chi connectivity index (χ4v) is 2.59. The molecule has 0 saturated heterocycles. The van der Waals surface area contributed by atoms with Gasteiger partial charge in [0.1, 0.15) is 10.6 Å². The molecule has 3 aromatic rings. The third-order valence-electron chi connectivity index (χ3n) is 2.56. The van der Waals surface area contributed by atoms with Crippen molar-refractivity contribution in [3.8, 4) is 0 Å². The second-order valence-electron chi connectivity index (χ2n) is 3.61. The monoisotopic (exact) mass is 304 g/mol. The zero-order valence-electron chi connectivity index (χ0n) is 8.23. The number of hydrogen-bond acceptors (Lipinski definition) is 1. The molecule has 0 spiro atoms. The first kappa shape index (κ1) is 11.5. The molecule has 0 bridgehead atoms. The largest absolute Gasteiger partial charge is 0.454 e. The zero-order chi connectivity index (χ0) is 12.2. The number of halogens is 4. The molecular weight excluding hydrogens is 302 g/mol. The van der Waals surface area contributed by atoms with Gasteiger partial charge in [-0.15, -0.1) is 0 Å². The molecule has 0 radical (unpaired) electrons. The topological polar surface area (TPSA) is 13.1 Å². The minimum Gasteiger partial charge on any atom is -0.454 e. The molecule has 5 heteroatoms. The highest BCUT2D eigenvalue weighted by Gasteiger charge is 2.15. The first-order chi connectivity index (χ1) is 8.08. The highest BCUT2D eigenvalue weighted by Crippen LogP contribution is 2.41. The number of benzene rings is 2. The SMILES string of the molecule is Clc1ccc2c(c1)oc1c(Cl)c(Cl)c(Cl)cc12. The van der Waals surface area contributed by atoms with Crippen molar-refractivity contribution in [3.63, 3.8) is 0 Å². The summed E-state index contributed by atoms with van der Waals surface area (Å²) in [6.07, 6.45) is 0. The fourth-order valence-electron chi connectivity index (χ4n) is 1.79. The van der Waals surface area contributed by atoms with Crippen LogP contribution in [0.4, 0.5) is 0 Å². The second kappa shape index (κ2) is 3.96. The van der Waals surface area contributed by atoms with E-state index in [1.807, 2.05) is 6.07 Å². The Bertz CT molecular complexity index is 745. The van der Waals surface area contributed by atoms with Gasteiger partial charge in [0.05, 0.1) is 10.0 Å². The zero-order valence-corrected chi connectivity index (χ0v) is 11.3. The van der Waals surface area contributed by atoms with Crippen molar-refractivity contribution in [2.24, 2.45) is 0 Å². The minimum absolute atomic E-state index is 0.297. The van der Waals surface area contributed by atoms with Crippen molar-refractivity contribution in [2.45, 2.75) is 0 Å². The lowest BCUT2D eigenvalue weighted by Crippen LogP contribution is -1.73. The lowest BCUT2D eigenvalue weighted by Gasteiger charge is -1.98. The number of fused-ring (bicyclic) bond motifs is 3. The third kappa shape index (κ3) is 1.69. The summed E-state index contributed by atoms with van der Waals surface area (Å²) >= 11 is 24.0. The summed E-state index contributed by atoms with van der Waals surface area (Å²) < 4.78 is 5.64. The van der Waals surface area contributed by atoms with Gasteiger partial charge in [-0.05, 0) is 18.2 Å². The molecule has 3 rings (SSSR count). The summed E-state index contributed by atoms with van der Waals surface area (Å²) in [5.41, 5.74) is 1.19. The summed E-state index contributed by atoms with van der Waals surface area (Å²) in [5, 5.41) is 3.36. The van der Waals surface area contributed by atoms with Crippen molar-refractivity contribution in [1.29, 1.82) is 0 Å². The van der Waals surface area contributed by atoms with Crippen molar-refractivity contribution in [1.82, 2.24) is 0 Å². The normalized spacial score (nSPS) is 11.5. The molecule has 1 nitrogen and oxygen atoms in total. The summed E-state index contributed by atoms with van der Waals surface area (Å²) in [4.78, 5) is 0.